The molecule has 0 spiro atoms. The molecule has 124 valence electrons. The van der Waals surface area contributed by atoms with Crippen LogP contribution in [-0.2, 0) is 9.53 Å². The fourth-order valence-corrected chi connectivity index (χ4v) is 2.68. The van der Waals surface area contributed by atoms with E-state index in [0.29, 0.717) is 37.2 Å². The van der Waals surface area contributed by atoms with Gasteiger partial charge in [-0.15, -0.1) is 6.42 Å². The first-order chi connectivity index (χ1) is 11.2. The quantitative estimate of drug-likeness (QED) is 0.570. The van der Waals surface area contributed by atoms with Crippen LogP contribution in [0, 0.1) is 18.3 Å². The Bertz CT molecular complexity index is 552. The normalized spacial score (nSPS) is 17.4. The zero-order valence-corrected chi connectivity index (χ0v) is 13.5. The number of rotatable bonds is 7. The molecule has 1 unspecified atom stereocenters. The van der Waals surface area contributed by atoms with Gasteiger partial charge in [-0.05, 0) is 30.9 Å². The Morgan fingerprint density at radius 3 is 2.91 bits per heavy atom. The molecule has 1 amide bonds. The van der Waals surface area contributed by atoms with Gasteiger partial charge < -0.3 is 19.1 Å². The number of benzene rings is 1. The van der Waals surface area contributed by atoms with Gasteiger partial charge in [0.25, 0.3) is 5.91 Å². The summed E-state index contributed by atoms with van der Waals surface area (Å²) < 4.78 is 16.2. The van der Waals surface area contributed by atoms with Gasteiger partial charge in [0, 0.05) is 13.1 Å². The standard InChI is InChI=1S/C18H23NO4/c1-3-11-22-13-15-7-6-10-19(12-15)18(20)14-23-17-9-5-4-8-16(17)21-2/h1,4-5,8-9,15H,6-7,10-14H2,2H3. The topological polar surface area (TPSA) is 48.0 Å². The van der Waals surface area contributed by atoms with Gasteiger partial charge in [-0.2, -0.15) is 0 Å². The van der Waals surface area contributed by atoms with Gasteiger partial charge in [-0.1, -0.05) is 18.1 Å². The Hall–Kier alpha value is -2.19. The van der Waals surface area contributed by atoms with Crippen LogP contribution in [0.4, 0.5) is 0 Å². The van der Waals surface area contributed by atoms with E-state index in [1.54, 1.807) is 19.2 Å². The number of terminal acetylenes is 1. The minimum Gasteiger partial charge on any atom is -0.493 e. The number of piperidine rings is 1. The first-order valence-electron chi connectivity index (χ1n) is 7.79. The molecule has 1 aliphatic rings. The first kappa shape index (κ1) is 17.2. The second kappa shape index (κ2) is 9.06. The molecule has 1 aromatic carbocycles. The van der Waals surface area contributed by atoms with E-state index in [-0.39, 0.29) is 12.5 Å². The van der Waals surface area contributed by atoms with E-state index in [2.05, 4.69) is 5.92 Å². The molecule has 0 bridgehead atoms. The van der Waals surface area contributed by atoms with Crippen LogP contribution in [0.5, 0.6) is 11.5 Å². The molecule has 1 saturated heterocycles. The molecule has 5 heteroatoms. The molecule has 1 atom stereocenters. The van der Waals surface area contributed by atoms with Gasteiger partial charge >= 0.3 is 0 Å². The number of amides is 1. The van der Waals surface area contributed by atoms with Crippen LogP contribution in [0.2, 0.25) is 0 Å². The summed E-state index contributed by atoms with van der Waals surface area (Å²) >= 11 is 0. The minimum absolute atomic E-state index is 0.0122. The van der Waals surface area contributed by atoms with Crippen molar-refractivity contribution in [2.45, 2.75) is 12.8 Å². The largest absolute Gasteiger partial charge is 0.493 e. The molecule has 1 aliphatic heterocycles. The highest BCUT2D eigenvalue weighted by molar-refractivity contribution is 5.78. The van der Waals surface area contributed by atoms with Crippen molar-refractivity contribution in [1.29, 1.82) is 0 Å². The van der Waals surface area contributed by atoms with Crippen LogP contribution in [-0.4, -0.2) is 50.8 Å². The van der Waals surface area contributed by atoms with Gasteiger partial charge in [-0.3, -0.25) is 4.79 Å². The highest BCUT2D eigenvalue weighted by atomic mass is 16.5. The second-order valence-electron chi connectivity index (χ2n) is 5.51. The van der Waals surface area contributed by atoms with Crippen LogP contribution in [0.1, 0.15) is 12.8 Å². The zero-order valence-electron chi connectivity index (χ0n) is 13.5. The molecule has 0 saturated carbocycles. The van der Waals surface area contributed by atoms with Crippen molar-refractivity contribution in [1.82, 2.24) is 4.90 Å². The number of carbonyl (C=O) groups is 1. The Kier molecular flexibility index (Phi) is 6.76. The van der Waals surface area contributed by atoms with Crippen LogP contribution >= 0.6 is 0 Å². The number of nitrogens with zero attached hydrogens (tertiary/aromatic N) is 1. The van der Waals surface area contributed by atoms with Crippen molar-refractivity contribution < 1.29 is 19.0 Å². The number of likely N-dealkylation sites (tertiary alicyclic amines) is 1. The molecule has 1 fully saturated rings. The molecule has 1 heterocycles. The van der Waals surface area contributed by atoms with Crippen LogP contribution in [0.15, 0.2) is 24.3 Å². The maximum absolute atomic E-state index is 12.3. The summed E-state index contributed by atoms with van der Waals surface area (Å²) in [5.41, 5.74) is 0. The summed E-state index contributed by atoms with van der Waals surface area (Å²) in [6, 6.07) is 7.30. The lowest BCUT2D eigenvalue weighted by Crippen LogP contribution is -2.43. The van der Waals surface area contributed by atoms with E-state index in [0.717, 1.165) is 19.4 Å². The fraction of sp³-hybridized carbons (Fsp3) is 0.500. The number of ether oxygens (including phenoxy) is 3. The molecule has 5 nitrogen and oxygen atoms in total. The predicted octanol–water partition coefficient (Wildman–Crippen LogP) is 1.96. The fourth-order valence-electron chi connectivity index (χ4n) is 2.68. The second-order valence-corrected chi connectivity index (χ2v) is 5.51. The number of hydrogen-bond acceptors (Lipinski definition) is 4. The molecular weight excluding hydrogens is 294 g/mol. The minimum atomic E-state index is -0.0162. The molecule has 0 aromatic heterocycles. The van der Waals surface area contributed by atoms with Crippen molar-refractivity contribution >= 4 is 5.91 Å². The Morgan fingerprint density at radius 2 is 2.17 bits per heavy atom. The average molecular weight is 317 g/mol. The SMILES string of the molecule is C#CCOCC1CCCN(C(=O)COc2ccccc2OC)C1. The van der Waals surface area contributed by atoms with E-state index in [9.17, 15) is 4.79 Å². The summed E-state index contributed by atoms with van der Waals surface area (Å²) in [7, 11) is 1.58. The Balaban J connectivity index is 1.82. The van der Waals surface area contributed by atoms with Crippen molar-refractivity contribution in [3.8, 4) is 23.8 Å². The van der Waals surface area contributed by atoms with Gasteiger partial charge in [-0.25, -0.2) is 0 Å². The molecule has 2 rings (SSSR count). The highest BCUT2D eigenvalue weighted by Gasteiger charge is 2.24. The van der Waals surface area contributed by atoms with Gasteiger partial charge in [0.05, 0.1) is 13.7 Å². The van der Waals surface area contributed by atoms with E-state index in [1.165, 1.54) is 0 Å². The van der Waals surface area contributed by atoms with Crippen LogP contribution in [0.25, 0.3) is 0 Å². The number of carbonyl (C=O) groups excluding carboxylic acids is 1. The van der Waals surface area contributed by atoms with Crippen molar-refractivity contribution in [2.75, 3.05) is 40.0 Å². The molecular formula is C18H23NO4. The molecule has 0 aliphatic carbocycles. The lowest BCUT2D eigenvalue weighted by molar-refractivity contribution is -0.135. The third-order valence-corrected chi connectivity index (χ3v) is 3.83. The summed E-state index contributed by atoms with van der Waals surface area (Å²) in [5, 5.41) is 0. The van der Waals surface area contributed by atoms with Gasteiger partial charge in [0.1, 0.15) is 6.61 Å². The summed E-state index contributed by atoms with van der Waals surface area (Å²) in [6.07, 6.45) is 7.21. The lowest BCUT2D eigenvalue weighted by atomic mass is 9.99. The Labute approximate surface area is 137 Å². The smallest absolute Gasteiger partial charge is 0.260 e. The van der Waals surface area contributed by atoms with Gasteiger partial charge in [0.15, 0.2) is 18.1 Å². The van der Waals surface area contributed by atoms with E-state index >= 15 is 0 Å². The lowest BCUT2D eigenvalue weighted by Gasteiger charge is -2.32. The molecule has 0 radical (unpaired) electrons. The average Bonchev–Trinajstić information content (AvgIpc) is 2.60. The first-order valence-corrected chi connectivity index (χ1v) is 7.79. The number of para-hydroxylation sites is 2. The molecule has 0 N–H and O–H groups in total. The van der Waals surface area contributed by atoms with Crippen LogP contribution in [0.3, 0.4) is 0 Å². The summed E-state index contributed by atoms with van der Waals surface area (Å²) in [5.74, 6) is 3.98. The van der Waals surface area contributed by atoms with Crippen LogP contribution < -0.4 is 9.47 Å². The van der Waals surface area contributed by atoms with Crippen molar-refractivity contribution in [3.05, 3.63) is 24.3 Å². The maximum atomic E-state index is 12.3. The number of hydrogen-bond donors (Lipinski definition) is 0. The third kappa shape index (κ3) is 5.19. The highest BCUT2D eigenvalue weighted by Crippen LogP contribution is 2.26. The number of methoxy groups -OCH3 is 1. The van der Waals surface area contributed by atoms with Crippen molar-refractivity contribution in [3.63, 3.8) is 0 Å². The third-order valence-electron chi connectivity index (χ3n) is 3.83. The summed E-state index contributed by atoms with van der Waals surface area (Å²) in [6.45, 7) is 2.39. The monoisotopic (exact) mass is 317 g/mol. The molecule has 23 heavy (non-hydrogen) atoms. The van der Waals surface area contributed by atoms with E-state index in [4.69, 9.17) is 20.6 Å². The van der Waals surface area contributed by atoms with E-state index in [1.807, 2.05) is 17.0 Å². The van der Waals surface area contributed by atoms with Gasteiger partial charge in [0.2, 0.25) is 0 Å². The van der Waals surface area contributed by atoms with Crippen molar-refractivity contribution in [2.24, 2.45) is 5.92 Å². The maximum Gasteiger partial charge on any atom is 0.260 e. The molecule has 1 aromatic rings. The predicted molar refractivity (Wildman–Crippen MR) is 87.4 cm³/mol. The zero-order chi connectivity index (χ0) is 16.5. The summed E-state index contributed by atoms with van der Waals surface area (Å²) in [4.78, 5) is 14.2. The Morgan fingerprint density at radius 1 is 1.39 bits per heavy atom. The van der Waals surface area contributed by atoms with E-state index < -0.39 is 0 Å².